The average molecular weight is 596 g/mol. The van der Waals surface area contributed by atoms with E-state index in [0.717, 1.165) is 32.3 Å². The van der Waals surface area contributed by atoms with Gasteiger partial charge in [-0.2, -0.15) is 0 Å². The lowest BCUT2D eigenvalue weighted by Gasteiger charge is -2.12. The second kappa shape index (κ2) is 11.6. The Balaban J connectivity index is 1.37. The Hall–Kier alpha value is -3.96. The highest BCUT2D eigenvalue weighted by Gasteiger charge is 2.36. The molecule has 0 saturated carbocycles. The van der Waals surface area contributed by atoms with Gasteiger partial charge in [0, 0.05) is 16.1 Å². The van der Waals surface area contributed by atoms with Crippen molar-refractivity contribution in [2.24, 2.45) is 0 Å². The lowest BCUT2D eigenvalue weighted by molar-refractivity contribution is -0.385. The molecule has 0 bridgehead atoms. The van der Waals surface area contributed by atoms with Crippen LogP contribution in [0.15, 0.2) is 70.0 Å². The smallest absolute Gasteiger partial charge is 0.293 e. The number of imide groups is 1. The lowest BCUT2D eigenvalue weighted by atomic mass is 10.1. The van der Waals surface area contributed by atoms with Crippen molar-refractivity contribution in [3.63, 3.8) is 0 Å². The Morgan fingerprint density at radius 1 is 1.11 bits per heavy atom. The van der Waals surface area contributed by atoms with E-state index in [2.05, 4.69) is 21.2 Å². The Labute approximate surface area is 231 Å². The number of rotatable bonds is 8. The first-order valence-electron chi connectivity index (χ1n) is 11.4. The third-order valence-corrected chi connectivity index (χ3v) is 7.36. The van der Waals surface area contributed by atoms with Crippen molar-refractivity contribution in [3.8, 4) is 5.75 Å². The number of benzene rings is 3. The van der Waals surface area contributed by atoms with Gasteiger partial charge in [-0.05, 0) is 88.6 Å². The van der Waals surface area contributed by atoms with Crippen molar-refractivity contribution in [1.29, 1.82) is 0 Å². The van der Waals surface area contributed by atoms with E-state index in [9.17, 15) is 24.5 Å². The zero-order valence-corrected chi connectivity index (χ0v) is 22.8. The topological polar surface area (TPSA) is 119 Å². The largest absolute Gasteiger partial charge is 0.484 e. The quantitative estimate of drug-likeness (QED) is 0.186. The van der Waals surface area contributed by atoms with Gasteiger partial charge in [-0.25, -0.2) is 0 Å². The maximum absolute atomic E-state index is 12.8. The van der Waals surface area contributed by atoms with Crippen LogP contribution in [0, 0.1) is 24.0 Å². The highest BCUT2D eigenvalue weighted by atomic mass is 79.9. The zero-order chi connectivity index (χ0) is 27.4. The first-order valence-corrected chi connectivity index (χ1v) is 13.0. The molecule has 3 amide bonds. The summed E-state index contributed by atoms with van der Waals surface area (Å²) in [6.07, 6.45) is 1.57. The van der Waals surface area contributed by atoms with Crippen LogP contribution < -0.4 is 10.1 Å². The molecule has 0 aliphatic carbocycles. The molecular formula is C27H22BrN3O6S. The van der Waals surface area contributed by atoms with Gasteiger partial charge in [-0.3, -0.25) is 29.4 Å². The van der Waals surface area contributed by atoms with Crippen LogP contribution in [0.25, 0.3) is 6.08 Å². The fourth-order valence-electron chi connectivity index (χ4n) is 3.65. The molecule has 1 fully saturated rings. The van der Waals surface area contributed by atoms with Gasteiger partial charge >= 0.3 is 0 Å². The minimum absolute atomic E-state index is 0.151. The van der Waals surface area contributed by atoms with Crippen LogP contribution in [0.5, 0.6) is 5.75 Å². The maximum Gasteiger partial charge on any atom is 0.293 e. The molecule has 0 aromatic heterocycles. The zero-order valence-electron chi connectivity index (χ0n) is 20.4. The molecule has 4 rings (SSSR count). The third-order valence-electron chi connectivity index (χ3n) is 5.80. The number of carbonyl (C=O) groups excluding carboxylic acids is 3. The summed E-state index contributed by atoms with van der Waals surface area (Å²) in [5.41, 5.74) is 3.60. The summed E-state index contributed by atoms with van der Waals surface area (Å²) in [7, 11) is 0. The second-order valence-electron chi connectivity index (χ2n) is 8.48. The number of halogens is 1. The highest BCUT2D eigenvalue weighted by Crippen LogP contribution is 2.34. The number of amides is 3. The normalized spacial score (nSPS) is 14.2. The molecule has 11 heteroatoms. The molecule has 1 heterocycles. The first-order chi connectivity index (χ1) is 18.1. The van der Waals surface area contributed by atoms with Gasteiger partial charge in [0.25, 0.3) is 22.7 Å². The van der Waals surface area contributed by atoms with Crippen LogP contribution in [0.1, 0.15) is 22.3 Å². The van der Waals surface area contributed by atoms with Gasteiger partial charge in [-0.1, -0.05) is 30.3 Å². The molecule has 3 aromatic carbocycles. The van der Waals surface area contributed by atoms with Gasteiger partial charge in [0.1, 0.15) is 5.75 Å². The van der Waals surface area contributed by atoms with Crippen molar-refractivity contribution in [2.45, 2.75) is 20.4 Å². The van der Waals surface area contributed by atoms with E-state index in [-0.39, 0.29) is 35.2 Å². The number of hydrogen-bond acceptors (Lipinski definition) is 7. The molecule has 1 aliphatic rings. The summed E-state index contributed by atoms with van der Waals surface area (Å²) in [6.45, 7) is 3.57. The van der Waals surface area contributed by atoms with E-state index in [1.807, 2.05) is 26.0 Å². The van der Waals surface area contributed by atoms with Crippen LogP contribution in [0.3, 0.4) is 0 Å². The molecule has 3 aromatic rings. The molecule has 0 radical (unpaired) electrons. The summed E-state index contributed by atoms with van der Waals surface area (Å²) in [5.74, 6) is -0.376. The number of hydrogen-bond donors (Lipinski definition) is 1. The van der Waals surface area contributed by atoms with Gasteiger partial charge in [-0.15, -0.1) is 0 Å². The Morgan fingerprint density at radius 2 is 1.79 bits per heavy atom. The highest BCUT2D eigenvalue weighted by molar-refractivity contribution is 9.10. The van der Waals surface area contributed by atoms with Crippen LogP contribution in [-0.4, -0.2) is 33.5 Å². The van der Waals surface area contributed by atoms with Crippen molar-refractivity contribution >= 4 is 62.2 Å². The number of ether oxygens (including phenoxy) is 1. The van der Waals surface area contributed by atoms with Gasteiger partial charge in [0.15, 0.2) is 6.61 Å². The number of aryl methyl sites for hydroxylation is 2. The number of nitrogens with one attached hydrogen (secondary N) is 1. The summed E-state index contributed by atoms with van der Waals surface area (Å²) in [4.78, 5) is 49.5. The summed E-state index contributed by atoms with van der Waals surface area (Å²) in [5, 5.41) is 13.6. The van der Waals surface area contributed by atoms with E-state index in [1.54, 1.807) is 36.4 Å². The number of para-hydroxylation sites is 1. The van der Waals surface area contributed by atoms with E-state index in [4.69, 9.17) is 4.74 Å². The van der Waals surface area contributed by atoms with Crippen LogP contribution in [0.4, 0.5) is 16.2 Å². The summed E-state index contributed by atoms with van der Waals surface area (Å²) >= 11 is 4.22. The lowest BCUT2D eigenvalue weighted by Crippen LogP contribution is -2.27. The fourth-order valence-corrected chi connectivity index (χ4v) is 5.05. The van der Waals surface area contributed by atoms with Gasteiger partial charge < -0.3 is 10.1 Å². The van der Waals surface area contributed by atoms with Crippen molar-refractivity contribution in [1.82, 2.24) is 4.90 Å². The molecule has 38 heavy (non-hydrogen) atoms. The predicted octanol–water partition coefficient (Wildman–Crippen LogP) is 6.23. The molecule has 1 N–H and O–H groups in total. The maximum atomic E-state index is 12.8. The monoisotopic (exact) mass is 595 g/mol. The number of carbonyl (C=O) groups is 3. The average Bonchev–Trinajstić information content (AvgIpc) is 3.14. The molecule has 1 aliphatic heterocycles. The summed E-state index contributed by atoms with van der Waals surface area (Å²) < 4.78 is 6.36. The van der Waals surface area contributed by atoms with E-state index >= 15 is 0 Å². The molecule has 9 nitrogen and oxygen atoms in total. The Bertz CT molecular complexity index is 1470. The molecule has 0 spiro atoms. The Kier molecular flexibility index (Phi) is 8.28. The second-order valence-corrected chi connectivity index (χ2v) is 10.3. The predicted molar refractivity (Wildman–Crippen MR) is 149 cm³/mol. The third kappa shape index (κ3) is 6.29. The summed E-state index contributed by atoms with van der Waals surface area (Å²) in [6, 6.07) is 16.5. The minimum atomic E-state index is -0.542. The first kappa shape index (κ1) is 27.1. The van der Waals surface area contributed by atoms with E-state index in [1.165, 1.54) is 18.2 Å². The number of anilines is 1. The number of nitrogens with zero attached hydrogens (tertiary/aromatic N) is 2. The minimum Gasteiger partial charge on any atom is -0.484 e. The SMILES string of the molecule is Cc1cc(Br)c(NC(=O)COc2ccc(/C=C3/SC(=O)N(Cc4ccccc4[N+](=O)[O-])C3=O)cc2)cc1C. The standard InChI is InChI=1S/C27H22BrN3O6S/c1-16-11-21(28)22(12-17(16)2)29-25(32)15-37-20-9-7-18(8-10-20)13-24-26(33)30(27(34)38-24)14-19-5-3-4-6-23(19)31(35)36/h3-13H,14-15H2,1-2H3,(H,29,32)/b24-13+. The van der Waals surface area contributed by atoms with E-state index in [0.29, 0.717) is 17.0 Å². The molecular weight excluding hydrogens is 574 g/mol. The number of nitro benzene ring substituents is 1. The van der Waals surface area contributed by atoms with Gasteiger partial charge in [0.05, 0.1) is 22.1 Å². The fraction of sp³-hybridized carbons (Fsp3) is 0.148. The Morgan fingerprint density at radius 3 is 2.50 bits per heavy atom. The van der Waals surface area contributed by atoms with Crippen molar-refractivity contribution < 1.29 is 24.0 Å². The van der Waals surface area contributed by atoms with E-state index < -0.39 is 16.1 Å². The number of thioether (sulfide) groups is 1. The molecule has 194 valence electrons. The van der Waals surface area contributed by atoms with Gasteiger partial charge in [0.2, 0.25) is 0 Å². The van der Waals surface area contributed by atoms with Crippen LogP contribution >= 0.6 is 27.7 Å². The molecule has 1 saturated heterocycles. The van der Waals surface area contributed by atoms with Crippen molar-refractivity contribution in [3.05, 3.63) is 102 Å². The van der Waals surface area contributed by atoms with Crippen molar-refractivity contribution in [2.75, 3.05) is 11.9 Å². The van der Waals surface area contributed by atoms with Crippen LogP contribution in [-0.2, 0) is 16.1 Å². The van der Waals surface area contributed by atoms with Crippen LogP contribution in [0.2, 0.25) is 0 Å². The molecule has 0 atom stereocenters. The molecule has 0 unspecified atom stereocenters. The number of nitro groups is 1.